The number of benzene rings is 1. The highest BCUT2D eigenvalue weighted by Gasteiger charge is 2.17. The first-order chi connectivity index (χ1) is 11.7. The molecule has 0 bridgehead atoms. The fourth-order valence-corrected chi connectivity index (χ4v) is 3.00. The minimum atomic E-state index is -0.359. The quantitative estimate of drug-likeness (QED) is 0.917. The minimum absolute atomic E-state index is 0.132. The zero-order chi connectivity index (χ0) is 16.9. The third kappa shape index (κ3) is 3.56. The Morgan fingerprint density at radius 2 is 2.21 bits per heavy atom. The third-order valence-corrected chi connectivity index (χ3v) is 4.17. The zero-order valence-electron chi connectivity index (χ0n) is 13.7. The average molecular weight is 324 g/mol. The summed E-state index contributed by atoms with van der Waals surface area (Å²) >= 11 is 0. The molecule has 0 aliphatic carbocycles. The molecule has 1 saturated heterocycles. The molecule has 2 heterocycles. The predicted molar refractivity (Wildman–Crippen MR) is 90.6 cm³/mol. The van der Waals surface area contributed by atoms with Crippen LogP contribution in [0.1, 0.15) is 29.7 Å². The molecule has 5 heteroatoms. The molecular formula is C19H20N2O3. The summed E-state index contributed by atoms with van der Waals surface area (Å²) in [7, 11) is 0. The number of nitrogens with one attached hydrogen (secondary N) is 1. The van der Waals surface area contributed by atoms with Crippen molar-refractivity contribution in [3.8, 4) is 17.2 Å². The van der Waals surface area contributed by atoms with Crippen LogP contribution in [0.3, 0.4) is 0 Å². The Morgan fingerprint density at radius 3 is 2.96 bits per heavy atom. The van der Waals surface area contributed by atoms with Crippen molar-refractivity contribution in [3.63, 3.8) is 0 Å². The Balaban J connectivity index is 1.87. The summed E-state index contributed by atoms with van der Waals surface area (Å²) in [6.45, 7) is 3.60. The van der Waals surface area contributed by atoms with Crippen LogP contribution in [0, 0.1) is 18.3 Å². The van der Waals surface area contributed by atoms with Crippen molar-refractivity contribution in [3.05, 3.63) is 57.5 Å². The molecule has 5 nitrogen and oxygen atoms in total. The summed E-state index contributed by atoms with van der Waals surface area (Å²) in [6.07, 6.45) is 2.30. The SMILES string of the molecule is Cc1cc(-c2ccccc2COCC2CCCO2)c(C#N)c(=O)[nH]1. The Hall–Kier alpha value is -2.42. The van der Waals surface area contributed by atoms with Gasteiger partial charge in [-0.25, -0.2) is 0 Å². The lowest BCUT2D eigenvalue weighted by Gasteiger charge is -2.14. The first-order valence-electron chi connectivity index (χ1n) is 8.10. The number of nitrogens with zero attached hydrogens (tertiary/aromatic N) is 1. The van der Waals surface area contributed by atoms with E-state index in [1.54, 1.807) is 0 Å². The van der Waals surface area contributed by atoms with Crippen molar-refractivity contribution in [1.29, 1.82) is 5.26 Å². The van der Waals surface area contributed by atoms with Gasteiger partial charge in [-0.3, -0.25) is 4.79 Å². The molecule has 124 valence electrons. The first-order valence-corrected chi connectivity index (χ1v) is 8.10. The number of ether oxygens (including phenoxy) is 2. The Bertz CT molecular complexity index is 814. The summed E-state index contributed by atoms with van der Waals surface area (Å²) in [4.78, 5) is 14.7. The molecule has 1 N–H and O–H groups in total. The van der Waals surface area contributed by atoms with E-state index >= 15 is 0 Å². The number of H-pyrrole nitrogens is 1. The van der Waals surface area contributed by atoms with Crippen LogP contribution in [0.25, 0.3) is 11.1 Å². The van der Waals surface area contributed by atoms with E-state index in [2.05, 4.69) is 4.98 Å². The number of aromatic amines is 1. The highest BCUT2D eigenvalue weighted by atomic mass is 16.5. The predicted octanol–water partition coefficient (Wildman–Crippen LogP) is 2.92. The van der Waals surface area contributed by atoms with E-state index in [0.717, 1.165) is 36.3 Å². The van der Waals surface area contributed by atoms with Crippen molar-refractivity contribution in [1.82, 2.24) is 4.98 Å². The van der Waals surface area contributed by atoms with E-state index in [4.69, 9.17) is 9.47 Å². The molecule has 24 heavy (non-hydrogen) atoms. The number of pyridine rings is 1. The number of hydrogen-bond acceptors (Lipinski definition) is 4. The molecule has 1 aliphatic rings. The van der Waals surface area contributed by atoms with E-state index < -0.39 is 0 Å². The molecule has 1 aliphatic heterocycles. The van der Waals surface area contributed by atoms with Gasteiger partial charge < -0.3 is 14.5 Å². The van der Waals surface area contributed by atoms with Crippen LogP contribution in [0.2, 0.25) is 0 Å². The molecule has 3 rings (SSSR count). The number of aromatic nitrogens is 1. The molecule has 0 saturated carbocycles. The highest BCUT2D eigenvalue weighted by molar-refractivity contribution is 5.73. The first kappa shape index (κ1) is 16.4. The second kappa shape index (κ2) is 7.43. The average Bonchev–Trinajstić information content (AvgIpc) is 3.08. The van der Waals surface area contributed by atoms with Crippen LogP contribution in [0.5, 0.6) is 0 Å². The standard InChI is InChI=1S/C19H20N2O3/c1-13-9-17(18(10-20)19(22)21-13)16-7-3-2-5-14(16)11-23-12-15-6-4-8-24-15/h2-3,5,7,9,15H,4,6,8,11-12H2,1H3,(H,21,22). The molecule has 1 unspecified atom stereocenters. The maximum atomic E-state index is 12.0. The molecular weight excluding hydrogens is 304 g/mol. The summed E-state index contributed by atoms with van der Waals surface area (Å²) in [6, 6.07) is 11.6. The van der Waals surface area contributed by atoms with Crippen molar-refractivity contribution in [2.75, 3.05) is 13.2 Å². The molecule has 0 radical (unpaired) electrons. The zero-order valence-corrected chi connectivity index (χ0v) is 13.7. The van der Waals surface area contributed by atoms with Crippen LogP contribution < -0.4 is 5.56 Å². The smallest absolute Gasteiger partial charge is 0.266 e. The van der Waals surface area contributed by atoms with Crippen LogP contribution in [0.15, 0.2) is 35.1 Å². The Labute approximate surface area is 140 Å². The minimum Gasteiger partial charge on any atom is -0.376 e. The lowest BCUT2D eigenvalue weighted by molar-refractivity contribution is 0.0107. The molecule has 0 spiro atoms. The van der Waals surface area contributed by atoms with Gasteiger partial charge in [-0.05, 0) is 37.0 Å². The largest absolute Gasteiger partial charge is 0.376 e. The third-order valence-electron chi connectivity index (χ3n) is 4.17. The molecule has 1 aromatic carbocycles. The van der Waals surface area contributed by atoms with Gasteiger partial charge in [0.2, 0.25) is 0 Å². The van der Waals surface area contributed by atoms with Crippen LogP contribution in [-0.4, -0.2) is 24.3 Å². The number of rotatable bonds is 5. The lowest BCUT2D eigenvalue weighted by Crippen LogP contribution is -2.15. The second-order valence-electron chi connectivity index (χ2n) is 5.99. The monoisotopic (exact) mass is 324 g/mol. The normalized spacial score (nSPS) is 16.9. The van der Waals surface area contributed by atoms with Crippen LogP contribution in [0.4, 0.5) is 0 Å². The molecule has 2 aromatic rings. The Morgan fingerprint density at radius 1 is 1.38 bits per heavy atom. The molecule has 1 atom stereocenters. The summed E-state index contributed by atoms with van der Waals surface area (Å²) < 4.78 is 11.4. The van der Waals surface area contributed by atoms with Crippen molar-refractivity contribution < 1.29 is 9.47 Å². The van der Waals surface area contributed by atoms with Gasteiger partial charge in [-0.2, -0.15) is 5.26 Å². The summed E-state index contributed by atoms with van der Waals surface area (Å²) in [5.74, 6) is 0. The van der Waals surface area contributed by atoms with E-state index in [1.165, 1.54) is 0 Å². The van der Waals surface area contributed by atoms with Crippen molar-refractivity contribution in [2.45, 2.75) is 32.5 Å². The van der Waals surface area contributed by atoms with E-state index in [1.807, 2.05) is 43.3 Å². The number of nitriles is 1. The van der Waals surface area contributed by atoms with Gasteiger partial charge >= 0.3 is 0 Å². The van der Waals surface area contributed by atoms with E-state index in [-0.39, 0.29) is 17.2 Å². The van der Waals surface area contributed by atoms with E-state index in [9.17, 15) is 10.1 Å². The molecule has 1 fully saturated rings. The van der Waals surface area contributed by atoms with Crippen LogP contribution >= 0.6 is 0 Å². The topological polar surface area (TPSA) is 75.1 Å². The number of hydrogen-bond donors (Lipinski definition) is 1. The van der Waals surface area contributed by atoms with Gasteiger partial charge in [0.25, 0.3) is 5.56 Å². The lowest BCUT2D eigenvalue weighted by atomic mass is 9.96. The van der Waals surface area contributed by atoms with Gasteiger partial charge in [-0.1, -0.05) is 24.3 Å². The van der Waals surface area contributed by atoms with Gasteiger partial charge in [0.05, 0.1) is 19.3 Å². The second-order valence-corrected chi connectivity index (χ2v) is 5.99. The van der Waals surface area contributed by atoms with Gasteiger partial charge in [-0.15, -0.1) is 0 Å². The van der Waals surface area contributed by atoms with Gasteiger partial charge in [0, 0.05) is 17.9 Å². The maximum absolute atomic E-state index is 12.0. The number of aryl methyl sites for hydroxylation is 1. The molecule has 1 aromatic heterocycles. The maximum Gasteiger partial charge on any atom is 0.266 e. The van der Waals surface area contributed by atoms with Crippen molar-refractivity contribution in [2.24, 2.45) is 0 Å². The fourth-order valence-electron chi connectivity index (χ4n) is 3.00. The molecule has 0 amide bonds. The van der Waals surface area contributed by atoms with Crippen LogP contribution in [-0.2, 0) is 16.1 Å². The fraction of sp³-hybridized carbons (Fsp3) is 0.368. The van der Waals surface area contributed by atoms with Crippen molar-refractivity contribution >= 4 is 0 Å². The van der Waals surface area contributed by atoms with Gasteiger partial charge in [0.1, 0.15) is 11.6 Å². The highest BCUT2D eigenvalue weighted by Crippen LogP contribution is 2.26. The Kier molecular flexibility index (Phi) is 5.09. The summed E-state index contributed by atoms with van der Waals surface area (Å²) in [5.41, 5.74) is 2.96. The van der Waals surface area contributed by atoms with Gasteiger partial charge in [0.15, 0.2) is 0 Å². The summed E-state index contributed by atoms with van der Waals surface area (Å²) in [5, 5.41) is 9.34. The van der Waals surface area contributed by atoms with E-state index in [0.29, 0.717) is 18.8 Å².